The molecular weight excluding hydrogens is 382 g/mol. The van der Waals surface area contributed by atoms with Gasteiger partial charge in [0.05, 0.1) is 9.75 Å². The second kappa shape index (κ2) is 8.84. The molecule has 1 atom stereocenters. The topological polar surface area (TPSA) is 68.0 Å². The summed E-state index contributed by atoms with van der Waals surface area (Å²) in [6.07, 6.45) is 1.82. The van der Waals surface area contributed by atoms with Gasteiger partial charge in [-0.25, -0.2) is 0 Å². The fourth-order valence-electron chi connectivity index (χ4n) is 3.00. The van der Waals surface area contributed by atoms with Crippen molar-refractivity contribution < 1.29 is 9.32 Å². The van der Waals surface area contributed by atoms with E-state index in [1.54, 1.807) is 6.07 Å². The van der Waals surface area contributed by atoms with Crippen molar-refractivity contribution in [1.29, 1.82) is 0 Å². The van der Waals surface area contributed by atoms with E-state index in [1.807, 2.05) is 61.5 Å². The molecule has 0 saturated heterocycles. The zero-order chi connectivity index (χ0) is 20.1. The number of thiophene rings is 1. The molecule has 0 spiro atoms. The smallest absolute Gasteiger partial charge is 0.261 e. The monoisotopic (exact) mass is 403 g/mol. The fraction of sp³-hybridized carbons (Fsp3) is 0.174. The lowest BCUT2D eigenvalue weighted by Crippen LogP contribution is -2.32. The van der Waals surface area contributed by atoms with E-state index in [2.05, 4.69) is 27.6 Å². The van der Waals surface area contributed by atoms with E-state index in [-0.39, 0.29) is 11.9 Å². The van der Waals surface area contributed by atoms with Crippen LogP contribution in [0.25, 0.3) is 22.2 Å². The summed E-state index contributed by atoms with van der Waals surface area (Å²) in [6, 6.07) is 23.7. The number of hydrogen-bond acceptors (Lipinski definition) is 5. The van der Waals surface area contributed by atoms with Crippen molar-refractivity contribution in [3.8, 4) is 22.2 Å². The number of hydrogen-bond donors (Lipinski definition) is 1. The molecule has 2 heterocycles. The highest BCUT2D eigenvalue weighted by atomic mass is 32.1. The molecule has 0 fully saturated rings. The van der Waals surface area contributed by atoms with Crippen LogP contribution in [0.5, 0.6) is 0 Å². The molecule has 6 heteroatoms. The Labute approximate surface area is 173 Å². The van der Waals surface area contributed by atoms with Crippen LogP contribution in [0.1, 0.15) is 28.6 Å². The van der Waals surface area contributed by atoms with Crippen molar-refractivity contribution in [2.45, 2.75) is 25.8 Å². The van der Waals surface area contributed by atoms with Crippen molar-refractivity contribution in [2.24, 2.45) is 0 Å². The molecule has 1 N–H and O–H groups in total. The quantitative estimate of drug-likeness (QED) is 0.460. The van der Waals surface area contributed by atoms with Gasteiger partial charge in [0, 0.05) is 11.6 Å². The lowest BCUT2D eigenvalue weighted by Gasteiger charge is -2.13. The minimum Gasteiger partial charge on any atom is -0.349 e. The SMILES string of the molecule is C[C@H](CCc1ccccc1)NC(=O)c1ccc(-c2noc(-c3ccccc3)n2)s1. The van der Waals surface area contributed by atoms with Crippen molar-refractivity contribution in [3.63, 3.8) is 0 Å². The van der Waals surface area contributed by atoms with Gasteiger partial charge in [0.1, 0.15) is 0 Å². The molecule has 29 heavy (non-hydrogen) atoms. The highest BCUT2D eigenvalue weighted by molar-refractivity contribution is 7.17. The van der Waals surface area contributed by atoms with Gasteiger partial charge >= 0.3 is 0 Å². The number of aromatic nitrogens is 2. The first-order valence-electron chi connectivity index (χ1n) is 9.53. The summed E-state index contributed by atoms with van der Waals surface area (Å²) in [5.41, 5.74) is 2.14. The molecule has 0 saturated carbocycles. The van der Waals surface area contributed by atoms with E-state index in [0.717, 1.165) is 23.3 Å². The Balaban J connectivity index is 1.37. The second-order valence-electron chi connectivity index (χ2n) is 6.85. The van der Waals surface area contributed by atoms with Crippen LogP contribution in [-0.4, -0.2) is 22.1 Å². The normalized spacial score (nSPS) is 11.9. The maximum Gasteiger partial charge on any atom is 0.261 e. The molecule has 1 amide bonds. The van der Waals surface area contributed by atoms with E-state index in [1.165, 1.54) is 16.9 Å². The summed E-state index contributed by atoms with van der Waals surface area (Å²) in [4.78, 5) is 18.5. The fourth-order valence-corrected chi connectivity index (χ4v) is 3.83. The number of carbonyl (C=O) groups excluding carboxylic acids is 1. The molecule has 0 aliphatic heterocycles. The van der Waals surface area contributed by atoms with Gasteiger partial charge < -0.3 is 9.84 Å². The second-order valence-corrected chi connectivity index (χ2v) is 7.94. The Morgan fingerprint density at radius 1 is 1.03 bits per heavy atom. The summed E-state index contributed by atoms with van der Waals surface area (Å²) >= 11 is 1.36. The minimum absolute atomic E-state index is 0.0754. The molecule has 0 radical (unpaired) electrons. The van der Waals surface area contributed by atoms with Crippen LogP contribution in [0.4, 0.5) is 0 Å². The molecule has 0 aliphatic carbocycles. The third-order valence-electron chi connectivity index (χ3n) is 4.58. The average molecular weight is 404 g/mol. The Kier molecular flexibility index (Phi) is 5.81. The van der Waals surface area contributed by atoms with Gasteiger partial charge in [0.15, 0.2) is 0 Å². The number of nitrogens with zero attached hydrogens (tertiary/aromatic N) is 2. The van der Waals surface area contributed by atoms with Crippen LogP contribution in [0.2, 0.25) is 0 Å². The lowest BCUT2D eigenvalue weighted by atomic mass is 10.1. The Morgan fingerprint density at radius 2 is 1.76 bits per heavy atom. The Hall–Kier alpha value is -3.25. The molecule has 0 bridgehead atoms. The van der Waals surface area contributed by atoms with Gasteiger partial charge in [-0.05, 0) is 49.6 Å². The predicted molar refractivity (Wildman–Crippen MR) is 115 cm³/mol. The van der Waals surface area contributed by atoms with Crippen LogP contribution >= 0.6 is 11.3 Å². The number of carbonyl (C=O) groups is 1. The molecule has 146 valence electrons. The van der Waals surface area contributed by atoms with E-state index < -0.39 is 0 Å². The van der Waals surface area contributed by atoms with Crippen molar-refractivity contribution in [1.82, 2.24) is 15.5 Å². The number of aryl methyl sites for hydroxylation is 1. The van der Waals surface area contributed by atoms with Crippen LogP contribution < -0.4 is 5.32 Å². The average Bonchev–Trinajstić information content (AvgIpc) is 3.43. The summed E-state index contributed by atoms with van der Waals surface area (Å²) in [5, 5.41) is 7.12. The van der Waals surface area contributed by atoms with Gasteiger partial charge in [-0.15, -0.1) is 11.3 Å². The summed E-state index contributed by atoms with van der Waals surface area (Å²) < 4.78 is 5.36. The molecule has 5 nitrogen and oxygen atoms in total. The van der Waals surface area contributed by atoms with Crippen LogP contribution in [0.15, 0.2) is 77.3 Å². The van der Waals surface area contributed by atoms with Crippen LogP contribution in [-0.2, 0) is 6.42 Å². The Bertz CT molecular complexity index is 1070. The summed E-state index contributed by atoms with van der Waals surface area (Å²) in [7, 11) is 0. The maximum atomic E-state index is 12.6. The highest BCUT2D eigenvalue weighted by Crippen LogP contribution is 2.28. The summed E-state index contributed by atoms with van der Waals surface area (Å²) in [5.74, 6) is 0.883. The molecule has 2 aromatic carbocycles. The van der Waals surface area contributed by atoms with Gasteiger partial charge in [-0.3, -0.25) is 4.79 Å². The third-order valence-corrected chi connectivity index (χ3v) is 5.66. The van der Waals surface area contributed by atoms with E-state index >= 15 is 0 Å². The van der Waals surface area contributed by atoms with Crippen LogP contribution in [0.3, 0.4) is 0 Å². The van der Waals surface area contributed by atoms with E-state index in [4.69, 9.17) is 4.52 Å². The van der Waals surface area contributed by atoms with Gasteiger partial charge in [0.2, 0.25) is 5.82 Å². The molecule has 0 unspecified atom stereocenters. The number of benzene rings is 2. The number of rotatable bonds is 7. The number of amides is 1. The first-order chi connectivity index (χ1) is 14.2. The van der Waals surface area contributed by atoms with Gasteiger partial charge in [-0.1, -0.05) is 53.7 Å². The zero-order valence-corrected chi connectivity index (χ0v) is 16.9. The van der Waals surface area contributed by atoms with E-state index in [9.17, 15) is 4.79 Å². The maximum absolute atomic E-state index is 12.6. The Morgan fingerprint density at radius 3 is 2.52 bits per heavy atom. The lowest BCUT2D eigenvalue weighted by molar-refractivity contribution is 0.0942. The molecular formula is C23H21N3O2S. The van der Waals surface area contributed by atoms with Gasteiger partial charge in [0.25, 0.3) is 11.8 Å². The van der Waals surface area contributed by atoms with Crippen molar-refractivity contribution >= 4 is 17.2 Å². The molecule has 4 rings (SSSR count). The first-order valence-corrected chi connectivity index (χ1v) is 10.3. The molecule has 4 aromatic rings. The predicted octanol–water partition coefficient (Wildman–Crippen LogP) is 5.22. The zero-order valence-electron chi connectivity index (χ0n) is 16.0. The summed E-state index contributed by atoms with van der Waals surface area (Å²) in [6.45, 7) is 2.03. The standard InChI is InChI=1S/C23H21N3O2S/c1-16(12-13-17-8-4-2-5-9-17)24-22(27)20-15-14-19(29-20)21-25-23(28-26-21)18-10-6-3-7-11-18/h2-11,14-16H,12-13H2,1H3,(H,24,27)/t16-/m1/s1. The molecule has 2 aromatic heterocycles. The van der Waals surface area contributed by atoms with Crippen molar-refractivity contribution in [3.05, 3.63) is 83.2 Å². The first kappa shape index (κ1) is 19.1. The van der Waals surface area contributed by atoms with Crippen molar-refractivity contribution in [2.75, 3.05) is 0 Å². The third kappa shape index (κ3) is 4.78. The van der Waals surface area contributed by atoms with Crippen LogP contribution in [0, 0.1) is 0 Å². The molecule has 0 aliphatic rings. The minimum atomic E-state index is -0.0754. The highest BCUT2D eigenvalue weighted by Gasteiger charge is 2.16. The largest absolute Gasteiger partial charge is 0.349 e. The van der Waals surface area contributed by atoms with Gasteiger partial charge in [-0.2, -0.15) is 4.98 Å². The number of nitrogens with one attached hydrogen (secondary N) is 1. The van der Waals surface area contributed by atoms with E-state index in [0.29, 0.717) is 16.6 Å².